The molecule has 1 rings (SSSR count). The Morgan fingerprint density at radius 1 is 1.53 bits per heavy atom. The van der Waals surface area contributed by atoms with Crippen LogP contribution in [-0.4, -0.2) is 31.9 Å². The number of hydrogen-bond donors (Lipinski definition) is 1. The van der Waals surface area contributed by atoms with Crippen molar-refractivity contribution in [1.82, 2.24) is 10.3 Å². The van der Waals surface area contributed by atoms with Crippen molar-refractivity contribution in [2.45, 2.75) is 20.1 Å². The first-order valence-electron chi connectivity index (χ1n) is 5.07. The van der Waals surface area contributed by atoms with Gasteiger partial charge in [-0.3, -0.25) is 0 Å². The fraction of sp³-hybridized carbons (Fsp3) is 0.700. The van der Waals surface area contributed by atoms with E-state index >= 15 is 0 Å². The zero-order chi connectivity index (χ0) is 10.9. The van der Waals surface area contributed by atoms with Gasteiger partial charge < -0.3 is 19.2 Å². The van der Waals surface area contributed by atoms with E-state index in [-0.39, 0.29) is 0 Å². The normalized spacial score (nSPS) is 10.8. The zero-order valence-corrected chi connectivity index (χ0v) is 9.28. The highest BCUT2D eigenvalue weighted by atomic mass is 16.5. The molecule has 0 fully saturated rings. The maximum Gasteiger partial charge on any atom is 0.181 e. The number of ether oxygens (including phenoxy) is 2. The van der Waals surface area contributed by atoms with E-state index in [4.69, 9.17) is 13.9 Å². The highest BCUT2D eigenvalue weighted by Crippen LogP contribution is 2.07. The second kappa shape index (κ2) is 7.39. The van der Waals surface area contributed by atoms with Crippen molar-refractivity contribution in [3.63, 3.8) is 0 Å². The molecule has 0 radical (unpaired) electrons. The number of hydrogen-bond acceptors (Lipinski definition) is 5. The monoisotopic (exact) mass is 214 g/mol. The van der Waals surface area contributed by atoms with Crippen molar-refractivity contribution < 1.29 is 13.9 Å². The van der Waals surface area contributed by atoms with Gasteiger partial charge in [0.1, 0.15) is 6.61 Å². The molecule has 0 aromatic carbocycles. The van der Waals surface area contributed by atoms with E-state index in [1.165, 1.54) is 6.39 Å². The van der Waals surface area contributed by atoms with Crippen molar-refractivity contribution in [3.05, 3.63) is 17.8 Å². The number of rotatable bonds is 8. The topological polar surface area (TPSA) is 56.5 Å². The van der Waals surface area contributed by atoms with Gasteiger partial charge >= 0.3 is 0 Å². The lowest BCUT2D eigenvalue weighted by molar-refractivity contribution is 0.117. The molecule has 0 atom stereocenters. The van der Waals surface area contributed by atoms with Gasteiger partial charge in [0.2, 0.25) is 0 Å². The summed E-state index contributed by atoms with van der Waals surface area (Å²) in [6.45, 7) is 5.29. The first-order chi connectivity index (χ1) is 7.38. The molecule has 0 spiro atoms. The third kappa shape index (κ3) is 4.42. The molecular formula is C10H18N2O3. The Bertz CT molecular complexity index is 263. The molecule has 1 aromatic rings. The lowest BCUT2D eigenvalue weighted by Gasteiger charge is -2.03. The molecule has 0 aliphatic rings. The Morgan fingerprint density at radius 3 is 3.13 bits per heavy atom. The molecule has 0 aliphatic carbocycles. The average molecular weight is 214 g/mol. The van der Waals surface area contributed by atoms with Gasteiger partial charge in [-0.25, -0.2) is 4.98 Å². The van der Waals surface area contributed by atoms with Crippen LogP contribution in [0, 0.1) is 0 Å². The Kier molecular flexibility index (Phi) is 5.99. The summed E-state index contributed by atoms with van der Waals surface area (Å²) in [5.41, 5.74) is 0.902. The maximum atomic E-state index is 5.26. The van der Waals surface area contributed by atoms with Gasteiger partial charge in [-0.15, -0.1) is 0 Å². The van der Waals surface area contributed by atoms with Crippen molar-refractivity contribution in [3.8, 4) is 0 Å². The molecule has 1 N–H and O–H groups in total. The summed E-state index contributed by atoms with van der Waals surface area (Å²) in [6.07, 6.45) is 1.45. The van der Waals surface area contributed by atoms with Crippen LogP contribution in [0.4, 0.5) is 0 Å². The van der Waals surface area contributed by atoms with E-state index < -0.39 is 0 Å². The number of methoxy groups -OCH3 is 1. The number of aromatic nitrogens is 1. The quantitative estimate of drug-likeness (QED) is 0.653. The Hall–Kier alpha value is -0.910. The Morgan fingerprint density at radius 2 is 2.40 bits per heavy atom. The van der Waals surface area contributed by atoms with Gasteiger partial charge in [-0.2, -0.15) is 0 Å². The smallest absolute Gasteiger partial charge is 0.181 e. The summed E-state index contributed by atoms with van der Waals surface area (Å²) in [5.74, 6) is 0.793. The minimum absolute atomic E-state index is 0.484. The first kappa shape index (κ1) is 12.2. The molecule has 0 amide bonds. The second-order valence-corrected chi connectivity index (χ2v) is 3.03. The average Bonchev–Trinajstić information content (AvgIpc) is 2.69. The molecule has 1 heterocycles. The SMILES string of the molecule is CCOCc1ocnc1CNCCOC. The molecule has 1 aromatic heterocycles. The molecular weight excluding hydrogens is 196 g/mol. The van der Waals surface area contributed by atoms with Crippen LogP contribution in [0.25, 0.3) is 0 Å². The highest BCUT2D eigenvalue weighted by molar-refractivity contribution is 5.05. The van der Waals surface area contributed by atoms with Gasteiger partial charge in [0.05, 0.1) is 12.3 Å². The summed E-state index contributed by atoms with van der Waals surface area (Å²) < 4.78 is 15.4. The van der Waals surface area contributed by atoms with Gasteiger partial charge in [0.15, 0.2) is 12.2 Å². The molecule has 0 aliphatic heterocycles. The van der Waals surface area contributed by atoms with Crippen LogP contribution in [0.5, 0.6) is 0 Å². The van der Waals surface area contributed by atoms with Gasteiger partial charge in [-0.1, -0.05) is 0 Å². The van der Waals surface area contributed by atoms with Gasteiger partial charge in [0, 0.05) is 26.8 Å². The number of nitrogens with one attached hydrogen (secondary N) is 1. The minimum atomic E-state index is 0.484. The van der Waals surface area contributed by atoms with E-state index in [2.05, 4.69) is 10.3 Å². The summed E-state index contributed by atoms with van der Waals surface area (Å²) in [7, 11) is 1.68. The van der Waals surface area contributed by atoms with Gasteiger partial charge in [-0.05, 0) is 6.92 Å². The lowest BCUT2D eigenvalue weighted by Crippen LogP contribution is -2.19. The van der Waals surface area contributed by atoms with Crippen LogP contribution in [0.1, 0.15) is 18.4 Å². The van der Waals surface area contributed by atoms with Crippen molar-refractivity contribution in [1.29, 1.82) is 0 Å². The van der Waals surface area contributed by atoms with Crippen LogP contribution in [0.2, 0.25) is 0 Å². The van der Waals surface area contributed by atoms with E-state index in [1.54, 1.807) is 7.11 Å². The van der Waals surface area contributed by atoms with Crippen molar-refractivity contribution in [2.75, 3.05) is 26.9 Å². The van der Waals surface area contributed by atoms with Crippen LogP contribution < -0.4 is 5.32 Å². The lowest BCUT2D eigenvalue weighted by atomic mass is 10.3. The fourth-order valence-electron chi connectivity index (χ4n) is 1.13. The molecule has 86 valence electrons. The van der Waals surface area contributed by atoms with E-state index in [0.717, 1.165) is 18.0 Å². The predicted molar refractivity (Wildman–Crippen MR) is 55.4 cm³/mol. The van der Waals surface area contributed by atoms with Crippen molar-refractivity contribution >= 4 is 0 Å². The second-order valence-electron chi connectivity index (χ2n) is 3.03. The van der Waals surface area contributed by atoms with Crippen LogP contribution in [0.15, 0.2) is 10.8 Å². The van der Waals surface area contributed by atoms with Crippen LogP contribution in [-0.2, 0) is 22.6 Å². The van der Waals surface area contributed by atoms with E-state index in [9.17, 15) is 0 Å². The molecule has 5 heteroatoms. The molecule has 0 saturated carbocycles. The van der Waals surface area contributed by atoms with Crippen molar-refractivity contribution in [2.24, 2.45) is 0 Å². The maximum absolute atomic E-state index is 5.26. The third-order valence-electron chi connectivity index (χ3n) is 1.94. The fourth-order valence-corrected chi connectivity index (χ4v) is 1.13. The third-order valence-corrected chi connectivity index (χ3v) is 1.94. The standard InChI is InChI=1S/C10H18N2O3/c1-3-14-7-10-9(12-8-15-10)6-11-4-5-13-2/h8,11H,3-7H2,1-2H3. The largest absolute Gasteiger partial charge is 0.446 e. The van der Waals surface area contributed by atoms with Crippen LogP contribution >= 0.6 is 0 Å². The summed E-state index contributed by atoms with van der Waals surface area (Å²) in [4.78, 5) is 4.12. The molecule has 0 saturated heterocycles. The highest BCUT2D eigenvalue weighted by Gasteiger charge is 2.06. The molecule has 0 unspecified atom stereocenters. The Balaban J connectivity index is 2.29. The molecule has 5 nitrogen and oxygen atoms in total. The van der Waals surface area contributed by atoms with E-state index in [1.807, 2.05) is 6.92 Å². The number of nitrogens with zero attached hydrogens (tertiary/aromatic N) is 1. The summed E-state index contributed by atoms with van der Waals surface area (Å²) >= 11 is 0. The molecule has 15 heavy (non-hydrogen) atoms. The minimum Gasteiger partial charge on any atom is -0.446 e. The predicted octanol–water partition coefficient (Wildman–Crippen LogP) is 0.947. The molecule has 0 bridgehead atoms. The Labute approximate surface area is 89.8 Å². The zero-order valence-electron chi connectivity index (χ0n) is 9.28. The van der Waals surface area contributed by atoms with E-state index in [0.29, 0.717) is 26.4 Å². The van der Waals surface area contributed by atoms with Gasteiger partial charge in [0.25, 0.3) is 0 Å². The summed E-state index contributed by atoms with van der Waals surface area (Å²) in [6, 6.07) is 0. The number of oxazole rings is 1. The first-order valence-corrected chi connectivity index (χ1v) is 5.07. The summed E-state index contributed by atoms with van der Waals surface area (Å²) in [5, 5.41) is 3.20. The van der Waals surface area contributed by atoms with Crippen LogP contribution in [0.3, 0.4) is 0 Å².